The van der Waals surface area contributed by atoms with Crippen LogP contribution < -0.4 is 14.8 Å². The number of benzene rings is 1. The molecule has 0 radical (unpaired) electrons. The Morgan fingerprint density at radius 3 is 2.76 bits per heavy atom. The normalized spacial score (nSPS) is 9.57. The Kier molecular flexibility index (Phi) is 6.59. The van der Waals surface area contributed by atoms with E-state index in [1.165, 1.54) is 31.4 Å². The highest BCUT2D eigenvalue weighted by molar-refractivity contribution is 5.88. The average Bonchev–Trinajstić information content (AvgIpc) is 2.49. The zero-order valence-corrected chi connectivity index (χ0v) is 11.6. The maximum atomic E-state index is 11.1. The summed E-state index contributed by atoms with van der Waals surface area (Å²) in [6, 6.07) is 4.28. The lowest BCUT2D eigenvalue weighted by Crippen LogP contribution is -2.28. The van der Waals surface area contributed by atoms with E-state index in [-0.39, 0.29) is 25.3 Å². The number of carbonyl (C=O) groups is 2. The van der Waals surface area contributed by atoms with E-state index >= 15 is 0 Å². The van der Waals surface area contributed by atoms with E-state index in [1.54, 1.807) is 0 Å². The van der Waals surface area contributed by atoms with Crippen molar-refractivity contribution in [3.63, 3.8) is 0 Å². The fraction of sp³-hybridized carbons (Fsp3) is 0.286. The minimum Gasteiger partial charge on any atom is -0.493 e. The quantitative estimate of drug-likeness (QED) is 0.560. The summed E-state index contributed by atoms with van der Waals surface area (Å²) >= 11 is 0. The van der Waals surface area contributed by atoms with E-state index < -0.39 is 12.1 Å². The summed E-state index contributed by atoms with van der Waals surface area (Å²) in [5.41, 5.74) is 0.0872. The Balaban J connectivity index is 2.50. The maximum Gasteiger partial charge on any atom is 0.407 e. The van der Waals surface area contributed by atoms with Crippen LogP contribution in [0.15, 0.2) is 30.9 Å². The highest BCUT2D eigenvalue weighted by atomic mass is 16.5. The van der Waals surface area contributed by atoms with Gasteiger partial charge in [-0.05, 0) is 18.2 Å². The van der Waals surface area contributed by atoms with Gasteiger partial charge in [-0.3, -0.25) is 0 Å². The molecule has 0 unspecified atom stereocenters. The molecule has 7 nitrogen and oxygen atoms in total. The molecule has 0 aliphatic carbocycles. The number of carboxylic acids is 1. The maximum absolute atomic E-state index is 11.1. The van der Waals surface area contributed by atoms with Crippen molar-refractivity contribution in [1.82, 2.24) is 5.32 Å². The largest absolute Gasteiger partial charge is 0.493 e. The zero-order valence-electron chi connectivity index (χ0n) is 11.6. The molecule has 0 aliphatic heterocycles. The van der Waals surface area contributed by atoms with Crippen LogP contribution in [-0.2, 0) is 4.74 Å². The van der Waals surface area contributed by atoms with Crippen LogP contribution in [0.4, 0.5) is 4.79 Å². The van der Waals surface area contributed by atoms with Gasteiger partial charge in [-0.1, -0.05) is 12.7 Å². The third-order valence-electron chi connectivity index (χ3n) is 2.37. The third kappa shape index (κ3) is 5.43. The Morgan fingerprint density at radius 2 is 2.14 bits per heavy atom. The van der Waals surface area contributed by atoms with Crippen molar-refractivity contribution < 1.29 is 28.9 Å². The smallest absolute Gasteiger partial charge is 0.407 e. The Labute approximate surface area is 122 Å². The molecule has 0 fully saturated rings. The zero-order chi connectivity index (χ0) is 15.7. The second kappa shape index (κ2) is 8.47. The van der Waals surface area contributed by atoms with Crippen LogP contribution in [0, 0.1) is 0 Å². The van der Waals surface area contributed by atoms with Gasteiger partial charge in [-0.15, -0.1) is 0 Å². The Hall–Kier alpha value is -2.70. The van der Waals surface area contributed by atoms with Gasteiger partial charge in [-0.2, -0.15) is 0 Å². The summed E-state index contributed by atoms with van der Waals surface area (Å²) in [5, 5.41) is 11.4. The first kappa shape index (κ1) is 16.4. The molecule has 0 atom stereocenters. The second-order valence-corrected chi connectivity index (χ2v) is 3.83. The lowest BCUT2D eigenvalue weighted by Gasteiger charge is -2.11. The monoisotopic (exact) mass is 295 g/mol. The third-order valence-corrected chi connectivity index (χ3v) is 2.37. The number of carbonyl (C=O) groups excluding carboxylic acids is 1. The van der Waals surface area contributed by atoms with Gasteiger partial charge < -0.3 is 24.6 Å². The Morgan fingerprint density at radius 1 is 1.38 bits per heavy atom. The van der Waals surface area contributed by atoms with Crippen molar-refractivity contribution in [2.45, 2.75) is 0 Å². The number of carboxylic acid groups (broad SMARTS) is 1. The van der Waals surface area contributed by atoms with Crippen molar-refractivity contribution in [3.05, 3.63) is 36.4 Å². The van der Waals surface area contributed by atoms with E-state index in [1.807, 2.05) is 0 Å². The van der Waals surface area contributed by atoms with Gasteiger partial charge in [0.05, 0.1) is 19.2 Å². The minimum atomic E-state index is -1.06. The molecular formula is C14H17NO6. The molecule has 2 N–H and O–H groups in total. The minimum absolute atomic E-state index is 0.0872. The van der Waals surface area contributed by atoms with Gasteiger partial charge >= 0.3 is 12.1 Å². The van der Waals surface area contributed by atoms with E-state index in [0.717, 1.165) is 0 Å². The molecule has 0 saturated carbocycles. The molecule has 1 aromatic carbocycles. The number of methoxy groups -OCH3 is 1. The molecule has 0 aliphatic rings. The molecular weight excluding hydrogens is 278 g/mol. The molecule has 0 saturated heterocycles. The first-order valence-corrected chi connectivity index (χ1v) is 6.14. The highest BCUT2D eigenvalue weighted by Crippen LogP contribution is 2.27. The number of ether oxygens (including phenoxy) is 3. The van der Waals surface area contributed by atoms with Crippen LogP contribution in [0.2, 0.25) is 0 Å². The lowest BCUT2D eigenvalue weighted by molar-refractivity contribution is 0.0696. The predicted octanol–water partition coefficient (Wildman–Crippen LogP) is 1.68. The SMILES string of the molecule is C=CCOC(=O)NCCOc1cc(C(=O)O)ccc1OC. The van der Waals surface area contributed by atoms with E-state index in [0.29, 0.717) is 11.5 Å². The van der Waals surface area contributed by atoms with Crippen LogP contribution in [0.5, 0.6) is 11.5 Å². The summed E-state index contributed by atoms with van der Waals surface area (Å²) in [6.45, 7) is 3.89. The fourth-order valence-electron chi connectivity index (χ4n) is 1.42. The fourth-order valence-corrected chi connectivity index (χ4v) is 1.42. The van der Waals surface area contributed by atoms with Crippen LogP contribution >= 0.6 is 0 Å². The predicted molar refractivity (Wildman–Crippen MR) is 75.0 cm³/mol. The molecule has 114 valence electrons. The standard InChI is InChI=1S/C14H17NO6/c1-3-7-21-14(18)15-6-8-20-12-9-10(13(16)17)4-5-11(12)19-2/h3-5,9H,1,6-8H2,2H3,(H,15,18)(H,16,17). The van der Waals surface area contributed by atoms with Crippen molar-refractivity contribution in [2.24, 2.45) is 0 Å². The molecule has 0 bridgehead atoms. The van der Waals surface area contributed by atoms with Gasteiger partial charge in [-0.25, -0.2) is 9.59 Å². The number of nitrogens with one attached hydrogen (secondary N) is 1. The lowest BCUT2D eigenvalue weighted by atomic mass is 10.2. The van der Waals surface area contributed by atoms with Crippen molar-refractivity contribution >= 4 is 12.1 Å². The van der Waals surface area contributed by atoms with E-state index in [9.17, 15) is 9.59 Å². The number of aromatic carboxylic acids is 1. The number of hydrogen-bond acceptors (Lipinski definition) is 5. The Bertz CT molecular complexity index is 514. The van der Waals surface area contributed by atoms with Gasteiger partial charge in [0.1, 0.15) is 13.2 Å². The van der Waals surface area contributed by atoms with Crippen LogP contribution in [0.3, 0.4) is 0 Å². The summed E-state index contributed by atoms with van der Waals surface area (Å²) in [6.07, 6.45) is 0.878. The molecule has 0 spiro atoms. The van der Waals surface area contributed by atoms with Crippen molar-refractivity contribution in [2.75, 3.05) is 26.9 Å². The molecule has 1 amide bonds. The first-order chi connectivity index (χ1) is 10.1. The van der Waals surface area contributed by atoms with Gasteiger partial charge in [0.15, 0.2) is 11.5 Å². The van der Waals surface area contributed by atoms with Gasteiger partial charge in [0.2, 0.25) is 0 Å². The average molecular weight is 295 g/mol. The van der Waals surface area contributed by atoms with Crippen molar-refractivity contribution in [1.29, 1.82) is 0 Å². The molecule has 1 aromatic rings. The van der Waals surface area contributed by atoms with E-state index in [4.69, 9.17) is 19.3 Å². The molecule has 0 aromatic heterocycles. The number of alkyl carbamates (subject to hydrolysis) is 1. The first-order valence-electron chi connectivity index (χ1n) is 6.14. The van der Waals surface area contributed by atoms with Crippen LogP contribution in [0.25, 0.3) is 0 Å². The summed E-state index contributed by atoms with van der Waals surface area (Å²) in [5.74, 6) is -0.360. The number of hydrogen-bond donors (Lipinski definition) is 2. The van der Waals surface area contributed by atoms with Crippen LogP contribution in [-0.4, -0.2) is 44.0 Å². The van der Waals surface area contributed by atoms with Crippen molar-refractivity contribution in [3.8, 4) is 11.5 Å². The number of amides is 1. The summed E-state index contributed by atoms with van der Waals surface area (Å²) in [4.78, 5) is 22.0. The highest BCUT2D eigenvalue weighted by Gasteiger charge is 2.10. The van der Waals surface area contributed by atoms with Crippen LogP contribution in [0.1, 0.15) is 10.4 Å². The van der Waals surface area contributed by atoms with E-state index in [2.05, 4.69) is 11.9 Å². The summed E-state index contributed by atoms with van der Waals surface area (Å²) in [7, 11) is 1.45. The van der Waals surface area contributed by atoms with Gasteiger partial charge in [0.25, 0.3) is 0 Å². The second-order valence-electron chi connectivity index (χ2n) is 3.83. The topological polar surface area (TPSA) is 94.1 Å². The number of rotatable bonds is 8. The molecule has 0 heterocycles. The van der Waals surface area contributed by atoms with Gasteiger partial charge in [0, 0.05) is 0 Å². The molecule has 7 heteroatoms. The summed E-state index contributed by atoms with van der Waals surface area (Å²) < 4.78 is 15.2. The molecule has 1 rings (SSSR count). The molecule has 21 heavy (non-hydrogen) atoms.